The summed E-state index contributed by atoms with van der Waals surface area (Å²) in [5.74, 6) is -1.64. The molecule has 1 fully saturated rings. The Morgan fingerprint density at radius 1 is 1.09 bits per heavy atom. The Labute approximate surface area is 141 Å². The number of hydrogen-bond acceptors (Lipinski definition) is 3. The number of nitrogens with zero attached hydrogens (tertiary/aromatic N) is 1. The van der Waals surface area contributed by atoms with Gasteiger partial charge in [-0.1, -0.05) is 41.4 Å². The van der Waals surface area contributed by atoms with Crippen molar-refractivity contribution in [3.63, 3.8) is 0 Å². The lowest BCUT2D eigenvalue weighted by Gasteiger charge is -2.17. The third kappa shape index (κ3) is 2.90. The van der Waals surface area contributed by atoms with Crippen molar-refractivity contribution >= 4 is 46.4 Å². The van der Waals surface area contributed by atoms with Gasteiger partial charge in [0.05, 0.1) is 27.8 Å². The van der Waals surface area contributed by atoms with Crippen molar-refractivity contribution in [1.82, 2.24) is 0 Å². The molecule has 0 radical (unpaired) electrons. The molecule has 0 aromatic heterocycles. The molecule has 23 heavy (non-hydrogen) atoms. The van der Waals surface area contributed by atoms with E-state index in [1.165, 1.54) is 18.2 Å². The maximum atomic E-state index is 13.9. The molecule has 1 heterocycles. The molecule has 1 saturated heterocycles. The molecule has 2 aromatic rings. The number of nitrogens with one attached hydrogen (secondary N) is 1. The van der Waals surface area contributed by atoms with Crippen LogP contribution in [0.4, 0.5) is 15.8 Å². The van der Waals surface area contributed by atoms with E-state index in [1.54, 1.807) is 24.3 Å². The number of hydrogen-bond donors (Lipinski definition) is 1. The van der Waals surface area contributed by atoms with E-state index in [0.29, 0.717) is 10.7 Å². The zero-order chi connectivity index (χ0) is 16.6. The van der Waals surface area contributed by atoms with Crippen LogP contribution in [-0.2, 0) is 9.59 Å². The fourth-order valence-corrected chi connectivity index (χ4v) is 2.79. The Kier molecular flexibility index (Phi) is 4.24. The van der Waals surface area contributed by atoms with Crippen LogP contribution in [0.3, 0.4) is 0 Å². The number of carbonyl (C=O) groups is 2. The monoisotopic (exact) mass is 352 g/mol. The van der Waals surface area contributed by atoms with Gasteiger partial charge in [-0.05, 0) is 24.3 Å². The number of imide groups is 1. The minimum Gasteiger partial charge on any atom is -0.372 e. The van der Waals surface area contributed by atoms with E-state index < -0.39 is 23.7 Å². The van der Waals surface area contributed by atoms with Crippen molar-refractivity contribution in [2.24, 2.45) is 0 Å². The highest BCUT2D eigenvalue weighted by molar-refractivity contribution is 6.43. The van der Waals surface area contributed by atoms with E-state index >= 15 is 0 Å². The van der Waals surface area contributed by atoms with Crippen LogP contribution in [0.2, 0.25) is 10.0 Å². The standard InChI is InChI=1S/C16H11Cl2FN2O2/c17-9-4-3-6-11(15(9)18)20-12-8-14(22)21(16(12)23)13-7-2-1-5-10(13)19/h1-7,12,20H,8H2/t12-/m0/s1. The molecular formula is C16H11Cl2FN2O2. The second-order valence-electron chi connectivity index (χ2n) is 5.02. The minimum atomic E-state index is -0.821. The van der Waals surface area contributed by atoms with Crippen LogP contribution in [0.15, 0.2) is 42.5 Å². The van der Waals surface area contributed by atoms with Gasteiger partial charge in [-0.2, -0.15) is 0 Å². The molecule has 1 N–H and O–H groups in total. The van der Waals surface area contributed by atoms with E-state index in [2.05, 4.69) is 5.32 Å². The van der Waals surface area contributed by atoms with E-state index in [-0.39, 0.29) is 17.1 Å². The summed E-state index contributed by atoms with van der Waals surface area (Å²) < 4.78 is 13.9. The number of amides is 2. The molecule has 7 heteroatoms. The fourth-order valence-electron chi connectivity index (χ4n) is 2.43. The van der Waals surface area contributed by atoms with Gasteiger partial charge < -0.3 is 5.32 Å². The van der Waals surface area contributed by atoms with Crippen molar-refractivity contribution in [3.8, 4) is 0 Å². The van der Waals surface area contributed by atoms with Crippen LogP contribution >= 0.6 is 23.2 Å². The summed E-state index contributed by atoms with van der Waals surface area (Å²) in [7, 11) is 0. The summed E-state index contributed by atoms with van der Waals surface area (Å²) in [5.41, 5.74) is 0.393. The first-order valence-electron chi connectivity index (χ1n) is 6.81. The Hall–Kier alpha value is -2.11. The van der Waals surface area contributed by atoms with Gasteiger partial charge in [0.25, 0.3) is 5.91 Å². The highest BCUT2D eigenvalue weighted by Crippen LogP contribution is 2.32. The third-order valence-electron chi connectivity index (χ3n) is 3.52. The Balaban J connectivity index is 1.87. The summed E-state index contributed by atoms with van der Waals surface area (Å²) in [5, 5.41) is 3.49. The summed E-state index contributed by atoms with van der Waals surface area (Å²) in [6, 6.07) is 9.76. The average molecular weight is 353 g/mol. The van der Waals surface area contributed by atoms with Crippen molar-refractivity contribution in [2.45, 2.75) is 12.5 Å². The Morgan fingerprint density at radius 3 is 2.57 bits per heavy atom. The van der Waals surface area contributed by atoms with E-state index in [0.717, 1.165) is 4.90 Å². The lowest BCUT2D eigenvalue weighted by molar-refractivity contribution is -0.121. The molecule has 4 nitrogen and oxygen atoms in total. The summed E-state index contributed by atoms with van der Waals surface area (Å²) in [6.45, 7) is 0. The molecule has 0 bridgehead atoms. The Bertz CT molecular complexity index is 797. The number of para-hydroxylation sites is 1. The highest BCUT2D eigenvalue weighted by Gasteiger charge is 2.40. The predicted octanol–water partition coefficient (Wildman–Crippen LogP) is 3.88. The van der Waals surface area contributed by atoms with Gasteiger partial charge in [-0.3, -0.25) is 9.59 Å². The molecule has 1 aliphatic rings. The first-order chi connectivity index (χ1) is 11.0. The average Bonchev–Trinajstić information content (AvgIpc) is 2.79. The zero-order valence-electron chi connectivity index (χ0n) is 11.7. The number of carbonyl (C=O) groups excluding carboxylic acids is 2. The number of benzene rings is 2. The van der Waals surface area contributed by atoms with Gasteiger partial charge in [-0.25, -0.2) is 9.29 Å². The maximum absolute atomic E-state index is 13.9. The second kappa shape index (κ2) is 6.18. The molecule has 0 unspecified atom stereocenters. The van der Waals surface area contributed by atoms with E-state index in [4.69, 9.17) is 23.2 Å². The van der Waals surface area contributed by atoms with Crippen molar-refractivity contribution in [2.75, 3.05) is 10.2 Å². The molecule has 2 amide bonds. The van der Waals surface area contributed by atoms with Gasteiger partial charge in [0, 0.05) is 0 Å². The van der Waals surface area contributed by atoms with Crippen LogP contribution in [0.5, 0.6) is 0 Å². The quantitative estimate of drug-likeness (QED) is 0.852. The summed E-state index contributed by atoms with van der Waals surface area (Å²) >= 11 is 12.0. The normalized spacial score (nSPS) is 17.7. The van der Waals surface area contributed by atoms with Crippen LogP contribution in [0.1, 0.15) is 6.42 Å². The molecule has 0 saturated carbocycles. The van der Waals surface area contributed by atoms with Gasteiger partial charge in [0.2, 0.25) is 5.91 Å². The third-order valence-corrected chi connectivity index (χ3v) is 4.34. The number of anilines is 2. The number of halogens is 3. The second-order valence-corrected chi connectivity index (χ2v) is 5.81. The lowest BCUT2D eigenvalue weighted by Crippen LogP contribution is -2.35. The van der Waals surface area contributed by atoms with Crippen molar-refractivity contribution in [1.29, 1.82) is 0 Å². The number of rotatable bonds is 3. The Morgan fingerprint density at radius 2 is 1.83 bits per heavy atom. The fraction of sp³-hybridized carbons (Fsp3) is 0.125. The summed E-state index contributed by atoms with van der Waals surface area (Å²) in [4.78, 5) is 25.5. The zero-order valence-corrected chi connectivity index (χ0v) is 13.2. The predicted molar refractivity (Wildman–Crippen MR) is 87.4 cm³/mol. The van der Waals surface area contributed by atoms with Crippen LogP contribution < -0.4 is 10.2 Å². The molecule has 2 aromatic carbocycles. The van der Waals surface area contributed by atoms with Gasteiger partial charge in [0.15, 0.2) is 0 Å². The smallest absolute Gasteiger partial charge is 0.256 e. The van der Waals surface area contributed by atoms with Gasteiger partial charge in [-0.15, -0.1) is 0 Å². The van der Waals surface area contributed by atoms with E-state index in [1.807, 2.05) is 0 Å². The van der Waals surface area contributed by atoms with Crippen molar-refractivity contribution < 1.29 is 14.0 Å². The van der Waals surface area contributed by atoms with E-state index in [9.17, 15) is 14.0 Å². The minimum absolute atomic E-state index is 0.0519. The molecule has 118 valence electrons. The van der Waals surface area contributed by atoms with Crippen molar-refractivity contribution in [3.05, 3.63) is 58.3 Å². The summed E-state index contributed by atoms with van der Waals surface area (Å²) in [6.07, 6.45) is -0.0873. The van der Waals surface area contributed by atoms with Gasteiger partial charge >= 0.3 is 0 Å². The highest BCUT2D eigenvalue weighted by atomic mass is 35.5. The SMILES string of the molecule is O=C1C[C@H](Nc2cccc(Cl)c2Cl)C(=O)N1c1ccccc1F. The van der Waals surface area contributed by atoms with Crippen LogP contribution in [0, 0.1) is 5.82 Å². The van der Waals surface area contributed by atoms with Crippen LogP contribution in [0.25, 0.3) is 0 Å². The first-order valence-corrected chi connectivity index (χ1v) is 7.56. The topological polar surface area (TPSA) is 49.4 Å². The largest absolute Gasteiger partial charge is 0.372 e. The van der Waals surface area contributed by atoms with Gasteiger partial charge in [0.1, 0.15) is 11.9 Å². The lowest BCUT2D eigenvalue weighted by atomic mass is 10.2. The molecule has 1 aliphatic heterocycles. The maximum Gasteiger partial charge on any atom is 0.256 e. The van der Waals surface area contributed by atoms with Crippen LogP contribution in [-0.4, -0.2) is 17.9 Å². The molecule has 0 spiro atoms. The first kappa shape index (κ1) is 15.8. The molecule has 3 rings (SSSR count). The molecule has 1 atom stereocenters. The molecular weight excluding hydrogens is 342 g/mol. The molecule has 0 aliphatic carbocycles.